The van der Waals surface area contributed by atoms with Gasteiger partial charge in [-0.1, -0.05) is 30.3 Å². The minimum atomic E-state index is -0.316. The van der Waals surface area contributed by atoms with Gasteiger partial charge in [0.1, 0.15) is 11.4 Å². The maximum Gasteiger partial charge on any atom is 0.328 e. The molecule has 8 nitrogen and oxygen atoms in total. The topological polar surface area (TPSA) is 83.1 Å². The lowest BCUT2D eigenvalue weighted by molar-refractivity contribution is 0.102. The van der Waals surface area contributed by atoms with Crippen molar-refractivity contribution in [2.24, 2.45) is 14.1 Å². The van der Waals surface area contributed by atoms with E-state index in [1.807, 2.05) is 60.7 Å². The summed E-state index contributed by atoms with van der Waals surface area (Å²) in [5.41, 5.74) is 4.43. The number of hydrogen-bond acceptors (Lipinski definition) is 4. The molecule has 1 N–H and O–H groups in total. The van der Waals surface area contributed by atoms with Crippen LogP contribution < -0.4 is 15.7 Å². The predicted octanol–water partition coefficient (Wildman–Crippen LogP) is 3.99. The molecule has 34 heavy (non-hydrogen) atoms. The molecule has 5 aromatic rings. The molecule has 0 saturated heterocycles. The number of aryl methyl sites for hydroxylation is 2. The molecule has 0 bridgehead atoms. The Morgan fingerprint density at radius 3 is 2.38 bits per heavy atom. The van der Waals surface area contributed by atoms with E-state index in [0.717, 1.165) is 16.7 Å². The first kappa shape index (κ1) is 21.3. The highest BCUT2D eigenvalue weighted by atomic mass is 16.5. The minimum Gasteiger partial charge on any atom is -0.496 e. The number of methoxy groups -OCH3 is 1. The normalized spacial score (nSPS) is 11.0. The summed E-state index contributed by atoms with van der Waals surface area (Å²) in [5, 5.41) is 7.69. The first-order chi connectivity index (χ1) is 16.5. The van der Waals surface area contributed by atoms with Crippen molar-refractivity contribution in [3.63, 3.8) is 0 Å². The number of imidazole rings is 1. The van der Waals surface area contributed by atoms with E-state index in [0.29, 0.717) is 28.3 Å². The maximum absolute atomic E-state index is 13.5. The van der Waals surface area contributed by atoms with Gasteiger partial charge in [0.15, 0.2) is 0 Å². The summed E-state index contributed by atoms with van der Waals surface area (Å²) >= 11 is 0. The molecule has 0 atom stereocenters. The number of aromatic nitrogens is 4. The summed E-state index contributed by atoms with van der Waals surface area (Å²) in [6, 6.07) is 22.5. The first-order valence-corrected chi connectivity index (χ1v) is 10.7. The number of rotatable bonds is 5. The van der Waals surface area contributed by atoms with Gasteiger partial charge < -0.3 is 10.1 Å². The van der Waals surface area contributed by atoms with Crippen LogP contribution >= 0.6 is 0 Å². The number of fused-ring (bicyclic) bond motifs is 1. The van der Waals surface area contributed by atoms with Gasteiger partial charge in [0, 0.05) is 31.5 Å². The zero-order chi connectivity index (χ0) is 23.8. The molecular formula is C26H23N5O3. The van der Waals surface area contributed by atoms with E-state index in [-0.39, 0.29) is 11.6 Å². The molecule has 0 aliphatic rings. The molecule has 0 aliphatic heterocycles. The summed E-state index contributed by atoms with van der Waals surface area (Å²) in [6.07, 6.45) is 1.71. The molecule has 8 heteroatoms. The molecule has 170 valence electrons. The number of hydrogen-bond donors (Lipinski definition) is 1. The number of nitrogens with zero attached hydrogens (tertiary/aromatic N) is 4. The number of nitrogens with one attached hydrogen (secondary N) is 1. The Balaban J connectivity index is 1.59. The second kappa shape index (κ2) is 8.40. The first-order valence-electron chi connectivity index (χ1n) is 10.7. The minimum absolute atomic E-state index is 0.124. The van der Waals surface area contributed by atoms with Crippen molar-refractivity contribution >= 4 is 22.6 Å². The fourth-order valence-electron chi connectivity index (χ4n) is 4.08. The Labute approximate surface area is 195 Å². The Bertz CT molecular complexity index is 1580. The van der Waals surface area contributed by atoms with Crippen LogP contribution in [-0.2, 0) is 14.1 Å². The van der Waals surface area contributed by atoms with Crippen molar-refractivity contribution < 1.29 is 9.53 Å². The van der Waals surface area contributed by atoms with Gasteiger partial charge in [-0.05, 0) is 42.5 Å². The molecule has 1 amide bonds. The van der Waals surface area contributed by atoms with Crippen LogP contribution in [0.4, 0.5) is 5.69 Å². The van der Waals surface area contributed by atoms with Crippen LogP contribution in [0.5, 0.6) is 5.75 Å². The van der Waals surface area contributed by atoms with Gasteiger partial charge in [0.05, 0.1) is 29.4 Å². The summed E-state index contributed by atoms with van der Waals surface area (Å²) in [6.45, 7) is 0. The standard InChI is InChI=1S/C26H23N5O3/c1-29-21-14-13-17(15-22(21)30(2)26(29)33)27-25(32)20-16-31(18-9-5-4-6-10-18)28-24(20)19-11-7-8-12-23(19)34-3/h4-16H,1-3H3,(H,27,32). The highest BCUT2D eigenvalue weighted by Gasteiger charge is 2.21. The van der Waals surface area contributed by atoms with Gasteiger partial charge in [0.25, 0.3) is 5.91 Å². The molecule has 0 radical (unpaired) electrons. The van der Waals surface area contributed by atoms with Crippen LogP contribution in [0, 0.1) is 0 Å². The van der Waals surface area contributed by atoms with Crippen molar-refractivity contribution in [3.8, 4) is 22.7 Å². The second-order valence-corrected chi connectivity index (χ2v) is 7.93. The maximum atomic E-state index is 13.5. The summed E-state index contributed by atoms with van der Waals surface area (Å²) < 4.78 is 10.3. The van der Waals surface area contributed by atoms with Crippen molar-refractivity contribution in [3.05, 3.63) is 95.0 Å². The lowest BCUT2D eigenvalue weighted by Gasteiger charge is -2.09. The molecule has 0 unspecified atom stereocenters. The second-order valence-electron chi connectivity index (χ2n) is 7.93. The quantitative estimate of drug-likeness (QED) is 0.436. The highest BCUT2D eigenvalue weighted by Crippen LogP contribution is 2.32. The number of benzene rings is 3. The Morgan fingerprint density at radius 1 is 0.912 bits per heavy atom. The van der Waals surface area contributed by atoms with Gasteiger partial charge in [-0.25, -0.2) is 9.48 Å². The summed E-state index contributed by atoms with van der Waals surface area (Å²) in [5.74, 6) is 0.305. The highest BCUT2D eigenvalue weighted by molar-refractivity contribution is 6.09. The van der Waals surface area contributed by atoms with Crippen LogP contribution in [0.2, 0.25) is 0 Å². The molecule has 2 aromatic heterocycles. The SMILES string of the molecule is COc1ccccc1-c1nn(-c2ccccc2)cc1C(=O)Nc1ccc2c(c1)n(C)c(=O)n2C. The Hall–Kier alpha value is -4.59. The van der Waals surface area contributed by atoms with E-state index in [9.17, 15) is 9.59 Å². The van der Waals surface area contributed by atoms with Gasteiger partial charge in [-0.2, -0.15) is 5.10 Å². The van der Waals surface area contributed by atoms with Crippen LogP contribution in [0.25, 0.3) is 28.0 Å². The van der Waals surface area contributed by atoms with Gasteiger partial charge in [-0.15, -0.1) is 0 Å². The third-order valence-corrected chi connectivity index (χ3v) is 5.87. The monoisotopic (exact) mass is 453 g/mol. The number of anilines is 1. The Kier molecular flexibility index (Phi) is 5.25. The number of ether oxygens (including phenoxy) is 1. The smallest absolute Gasteiger partial charge is 0.328 e. The van der Waals surface area contributed by atoms with E-state index in [2.05, 4.69) is 5.32 Å². The van der Waals surface area contributed by atoms with Crippen molar-refractivity contribution in [1.29, 1.82) is 0 Å². The molecule has 0 spiro atoms. The number of para-hydroxylation sites is 2. The zero-order valence-corrected chi connectivity index (χ0v) is 19.0. The molecule has 0 aliphatic carbocycles. The van der Waals surface area contributed by atoms with E-state index < -0.39 is 0 Å². The fraction of sp³-hybridized carbons (Fsp3) is 0.115. The van der Waals surface area contributed by atoms with Crippen LogP contribution in [0.1, 0.15) is 10.4 Å². The van der Waals surface area contributed by atoms with Crippen molar-refractivity contribution in [2.75, 3.05) is 12.4 Å². The number of carbonyl (C=O) groups excluding carboxylic acids is 1. The predicted molar refractivity (Wildman–Crippen MR) is 132 cm³/mol. The van der Waals surface area contributed by atoms with E-state index in [1.54, 1.807) is 53.4 Å². The summed E-state index contributed by atoms with van der Waals surface area (Å²) in [7, 11) is 5.02. The third-order valence-electron chi connectivity index (χ3n) is 5.87. The molecule has 2 heterocycles. The Morgan fingerprint density at radius 2 is 1.62 bits per heavy atom. The van der Waals surface area contributed by atoms with Gasteiger partial charge in [-0.3, -0.25) is 13.9 Å². The average Bonchev–Trinajstić information content (AvgIpc) is 3.41. The summed E-state index contributed by atoms with van der Waals surface area (Å²) in [4.78, 5) is 25.7. The molecule has 0 saturated carbocycles. The van der Waals surface area contributed by atoms with Crippen LogP contribution in [-0.4, -0.2) is 31.9 Å². The van der Waals surface area contributed by atoms with Crippen LogP contribution in [0.15, 0.2) is 83.8 Å². The van der Waals surface area contributed by atoms with E-state index in [4.69, 9.17) is 9.84 Å². The molecule has 5 rings (SSSR count). The molecule has 0 fully saturated rings. The molecular weight excluding hydrogens is 430 g/mol. The lowest BCUT2D eigenvalue weighted by Crippen LogP contribution is -2.19. The van der Waals surface area contributed by atoms with Gasteiger partial charge in [0.2, 0.25) is 0 Å². The van der Waals surface area contributed by atoms with E-state index >= 15 is 0 Å². The zero-order valence-electron chi connectivity index (χ0n) is 19.0. The number of amides is 1. The fourth-order valence-corrected chi connectivity index (χ4v) is 4.08. The average molecular weight is 454 g/mol. The lowest BCUT2D eigenvalue weighted by atomic mass is 10.1. The molecule has 3 aromatic carbocycles. The van der Waals surface area contributed by atoms with E-state index in [1.165, 1.54) is 0 Å². The van der Waals surface area contributed by atoms with Crippen LogP contribution in [0.3, 0.4) is 0 Å². The van der Waals surface area contributed by atoms with Gasteiger partial charge >= 0.3 is 5.69 Å². The van der Waals surface area contributed by atoms with Crippen molar-refractivity contribution in [1.82, 2.24) is 18.9 Å². The largest absolute Gasteiger partial charge is 0.496 e. The van der Waals surface area contributed by atoms with Crippen molar-refractivity contribution in [2.45, 2.75) is 0 Å². The number of carbonyl (C=O) groups is 1. The third kappa shape index (κ3) is 3.55.